The Hall–Kier alpha value is -0.860. The molecule has 0 saturated heterocycles. The Kier molecular flexibility index (Phi) is 4.42. The average Bonchev–Trinajstić information content (AvgIpc) is 2.89. The van der Waals surface area contributed by atoms with E-state index in [4.69, 9.17) is 0 Å². The molecule has 1 nitrogen and oxygen atoms in total. The van der Waals surface area contributed by atoms with E-state index >= 15 is 0 Å². The van der Waals surface area contributed by atoms with E-state index in [-0.39, 0.29) is 0 Å². The summed E-state index contributed by atoms with van der Waals surface area (Å²) in [7, 11) is 2.14. The van der Waals surface area contributed by atoms with Crippen LogP contribution in [0, 0.1) is 11.8 Å². The van der Waals surface area contributed by atoms with Crippen molar-refractivity contribution < 1.29 is 0 Å². The van der Waals surface area contributed by atoms with Crippen LogP contribution in [0.3, 0.4) is 0 Å². The molecule has 3 rings (SSSR count). The molecule has 0 spiro atoms. The van der Waals surface area contributed by atoms with Crippen LogP contribution in [0.2, 0.25) is 0 Å². The molecule has 1 N–H and O–H groups in total. The lowest BCUT2D eigenvalue weighted by Gasteiger charge is -2.32. The Bertz CT molecular complexity index is 551. The van der Waals surface area contributed by atoms with Gasteiger partial charge in [-0.1, -0.05) is 38.0 Å². The van der Waals surface area contributed by atoms with Gasteiger partial charge in [0.2, 0.25) is 0 Å². The van der Waals surface area contributed by atoms with Gasteiger partial charge in [0.15, 0.2) is 0 Å². The number of nitrogens with one attached hydrogen (secondary N) is 1. The minimum atomic E-state index is 0.639. The van der Waals surface area contributed by atoms with Crippen molar-refractivity contribution in [2.45, 2.75) is 45.1 Å². The molecule has 0 radical (unpaired) electrons. The van der Waals surface area contributed by atoms with Gasteiger partial charge >= 0.3 is 0 Å². The zero-order chi connectivity index (χ0) is 13.9. The highest BCUT2D eigenvalue weighted by atomic mass is 32.1. The second-order valence-electron chi connectivity index (χ2n) is 6.38. The summed E-state index contributed by atoms with van der Waals surface area (Å²) in [6.07, 6.45) is 6.80. The smallest absolute Gasteiger partial charge is 0.0345 e. The molecule has 1 aliphatic rings. The summed E-state index contributed by atoms with van der Waals surface area (Å²) in [6, 6.07) is 9.45. The summed E-state index contributed by atoms with van der Waals surface area (Å²) >= 11 is 1.89. The fraction of sp³-hybridized carbons (Fsp3) is 0.556. The topological polar surface area (TPSA) is 12.0 Å². The van der Waals surface area contributed by atoms with Gasteiger partial charge in [-0.2, -0.15) is 0 Å². The van der Waals surface area contributed by atoms with Crippen LogP contribution in [-0.4, -0.2) is 13.1 Å². The summed E-state index contributed by atoms with van der Waals surface area (Å²) in [4.78, 5) is 0. The monoisotopic (exact) mass is 287 g/mol. The largest absolute Gasteiger partial charge is 0.316 e. The van der Waals surface area contributed by atoms with Gasteiger partial charge in [-0.25, -0.2) is 0 Å². The fourth-order valence-corrected chi connectivity index (χ4v) is 4.60. The summed E-state index contributed by atoms with van der Waals surface area (Å²) in [5.41, 5.74) is 1.53. The first kappa shape index (κ1) is 14.1. The van der Waals surface area contributed by atoms with E-state index in [1.807, 2.05) is 11.3 Å². The third kappa shape index (κ3) is 2.91. The maximum atomic E-state index is 3.59. The van der Waals surface area contributed by atoms with Crippen molar-refractivity contribution in [3.05, 3.63) is 35.2 Å². The molecule has 1 aromatic heterocycles. The lowest BCUT2D eigenvalue weighted by molar-refractivity contribution is 0.235. The Morgan fingerprint density at radius 3 is 2.70 bits per heavy atom. The van der Waals surface area contributed by atoms with E-state index in [1.165, 1.54) is 47.8 Å². The van der Waals surface area contributed by atoms with E-state index in [0.29, 0.717) is 6.04 Å². The molecule has 1 fully saturated rings. The summed E-state index contributed by atoms with van der Waals surface area (Å²) < 4.78 is 1.43. The molecule has 108 valence electrons. The minimum Gasteiger partial charge on any atom is -0.316 e. The summed E-state index contributed by atoms with van der Waals surface area (Å²) in [5.74, 6) is 1.79. The van der Waals surface area contributed by atoms with E-state index in [1.54, 1.807) is 0 Å². The lowest BCUT2D eigenvalue weighted by atomic mass is 9.78. The number of hydrogen-bond donors (Lipinski definition) is 1. The molecule has 0 amide bonds. The van der Waals surface area contributed by atoms with Crippen molar-refractivity contribution in [1.29, 1.82) is 0 Å². The normalized spacial score (nSPS) is 24.9. The highest BCUT2D eigenvalue weighted by molar-refractivity contribution is 7.17. The highest BCUT2D eigenvalue weighted by Gasteiger charge is 2.25. The van der Waals surface area contributed by atoms with Crippen LogP contribution >= 0.6 is 11.3 Å². The maximum Gasteiger partial charge on any atom is 0.0345 e. The van der Waals surface area contributed by atoms with Crippen LogP contribution in [0.15, 0.2) is 29.6 Å². The molecule has 1 atom stereocenters. The second kappa shape index (κ2) is 6.28. The quantitative estimate of drug-likeness (QED) is 0.847. The summed E-state index contributed by atoms with van der Waals surface area (Å²) in [5, 5.41) is 7.42. The van der Waals surface area contributed by atoms with Gasteiger partial charge in [0.1, 0.15) is 0 Å². The predicted octanol–water partition coefficient (Wildman–Crippen LogP) is 4.86. The first-order valence-corrected chi connectivity index (χ1v) is 8.78. The first-order chi connectivity index (χ1) is 9.78. The molecule has 1 heterocycles. The van der Waals surface area contributed by atoms with Gasteiger partial charge in [-0.15, -0.1) is 11.3 Å². The first-order valence-electron chi connectivity index (χ1n) is 7.90. The Labute approximate surface area is 126 Å². The van der Waals surface area contributed by atoms with Gasteiger partial charge in [-0.05, 0) is 60.5 Å². The number of rotatable bonds is 4. The van der Waals surface area contributed by atoms with Crippen molar-refractivity contribution in [3.63, 3.8) is 0 Å². The molecular weight excluding hydrogens is 262 g/mol. The molecule has 1 aliphatic carbocycles. The van der Waals surface area contributed by atoms with E-state index in [9.17, 15) is 0 Å². The van der Waals surface area contributed by atoms with Gasteiger partial charge in [-0.3, -0.25) is 0 Å². The molecule has 0 aliphatic heterocycles. The van der Waals surface area contributed by atoms with Gasteiger partial charge in [0, 0.05) is 10.7 Å². The number of thiophene rings is 1. The van der Waals surface area contributed by atoms with Crippen LogP contribution in [0.25, 0.3) is 10.1 Å². The molecule has 1 unspecified atom stereocenters. The van der Waals surface area contributed by atoms with Crippen molar-refractivity contribution in [3.8, 4) is 0 Å². The van der Waals surface area contributed by atoms with Gasteiger partial charge < -0.3 is 5.32 Å². The van der Waals surface area contributed by atoms with Crippen molar-refractivity contribution in [2.24, 2.45) is 11.8 Å². The lowest BCUT2D eigenvalue weighted by Crippen LogP contribution is -2.37. The molecule has 20 heavy (non-hydrogen) atoms. The third-order valence-corrected chi connectivity index (χ3v) is 6.01. The Morgan fingerprint density at radius 1 is 1.20 bits per heavy atom. The average molecular weight is 287 g/mol. The zero-order valence-corrected chi connectivity index (χ0v) is 13.4. The molecule has 1 aromatic carbocycles. The second-order valence-corrected chi connectivity index (χ2v) is 7.29. The minimum absolute atomic E-state index is 0.639. The number of fused-ring (bicyclic) bond motifs is 1. The van der Waals surface area contributed by atoms with Crippen molar-refractivity contribution in [2.75, 3.05) is 7.05 Å². The Balaban J connectivity index is 1.74. The standard InChI is InChI=1S/C18H25NS/c1-13-7-9-14(10-8-13)17(19-2)11-15-12-20-18-6-4-3-5-16(15)18/h3-6,12-14,17,19H,7-11H2,1-2H3. The number of likely N-dealkylation sites (N-methyl/N-ethyl adjacent to an activating group) is 1. The predicted molar refractivity (Wildman–Crippen MR) is 89.5 cm³/mol. The van der Waals surface area contributed by atoms with Crippen LogP contribution in [0.4, 0.5) is 0 Å². The number of benzene rings is 1. The molecule has 2 aromatic rings. The third-order valence-electron chi connectivity index (χ3n) is 5.00. The fourth-order valence-electron chi connectivity index (χ4n) is 3.62. The maximum absolute atomic E-state index is 3.59. The Morgan fingerprint density at radius 2 is 1.95 bits per heavy atom. The van der Waals surface area contributed by atoms with Gasteiger partial charge in [0.05, 0.1) is 0 Å². The van der Waals surface area contributed by atoms with Crippen LogP contribution in [0.1, 0.15) is 38.2 Å². The zero-order valence-electron chi connectivity index (χ0n) is 12.6. The van der Waals surface area contributed by atoms with Crippen LogP contribution in [0.5, 0.6) is 0 Å². The molecule has 2 heteroatoms. The van der Waals surface area contributed by atoms with E-state index in [0.717, 1.165) is 11.8 Å². The molecule has 0 bridgehead atoms. The molecular formula is C18H25NS. The molecule has 1 saturated carbocycles. The van der Waals surface area contributed by atoms with Gasteiger partial charge in [0.25, 0.3) is 0 Å². The highest BCUT2D eigenvalue weighted by Crippen LogP contribution is 2.33. The van der Waals surface area contributed by atoms with Crippen molar-refractivity contribution >= 4 is 21.4 Å². The van der Waals surface area contributed by atoms with Crippen molar-refractivity contribution in [1.82, 2.24) is 5.32 Å². The van der Waals surface area contributed by atoms with E-state index in [2.05, 4.69) is 48.9 Å². The van der Waals surface area contributed by atoms with E-state index < -0.39 is 0 Å². The number of hydrogen-bond acceptors (Lipinski definition) is 2. The van der Waals surface area contributed by atoms with Crippen LogP contribution in [-0.2, 0) is 6.42 Å². The summed E-state index contributed by atoms with van der Waals surface area (Å²) in [6.45, 7) is 2.40. The SMILES string of the molecule is CNC(Cc1csc2ccccc12)C1CCC(C)CC1. The van der Waals surface area contributed by atoms with Crippen LogP contribution < -0.4 is 5.32 Å².